The summed E-state index contributed by atoms with van der Waals surface area (Å²) < 4.78 is 12.8. The Hall–Kier alpha value is -3.23. The Bertz CT molecular complexity index is 1030. The van der Waals surface area contributed by atoms with Gasteiger partial charge in [-0.15, -0.1) is 0 Å². The second-order valence-corrected chi connectivity index (χ2v) is 7.71. The maximum atomic E-state index is 13.4. The highest BCUT2D eigenvalue weighted by atomic mass is 16.6. The number of nitrogen functional groups attached to an aromatic ring is 1. The Kier molecular flexibility index (Phi) is 6.49. The van der Waals surface area contributed by atoms with Crippen molar-refractivity contribution in [3.63, 3.8) is 0 Å². The van der Waals surface area contributed by atoms with Crippen molar-refractivity contribution in [2.45, 2.75) is 46.3 Å². The van der Waals surface area contributed by atoms with Crippen LogP contribution in [0.4, 0.5) is 11.5 Å². The molecule has 1 aromatic heterocycles. The predicted octanol–water partition coefficient (Wildman–Crippen LogP) is 1.75. The average Bonchev–Trinajstić information content (AvgIpc) is 2.72. The molecular weight excluding hydrogens is 388 g/mol. The summed E-state index contributed by atoms with van der Waals surface area (Å²) in [5.74, 6) is 0.674. The number of unbranched alkanes of at least 4 members (excludes halogenated alkanes) is 1. The molecule has 2 aromatic rings. The van der Waals surface area contributed by atoms with E-state index < -0.39 is 23.3 Å². The molecule has 30 heavy (non-hydrogen) atoms. The first-order chi connectivity index (χ1) is 14.3. The lowest BCUT2D eigenvalue weighted by atomic mass is 10.2. The fourth-order valence-electron chi connectivity index (χ4n) is 3.35. The third-order valence-electron chi connectivity index (χ3n) is 4.82. The van der Waals surface area contributed by atoms with Crippen LogP contribution in [0.3, 0.4) is 0 Å². The molecule has 1 unspecified atom stereocenters. The minimum atomic E-state index is -0.930. The van der Waals surface area contributed by atoms with Crippen LogP contribution in [0.25, 0.3) is 0 Å². The number of benzene rings is 1. The molecule has 1 aliphatic heterocycles. The molecular formula is C21H28N4O5. The van der Waals surface area contributed by atoms with E-state index in [1.165, 1.54) is 9.47 Å². The van der Waals surface area contributed by atoms with E-state index in [4.69, 9.17) is 15.2 Å². The summed E-state index contributed by atoms with van der Waals surface area (Å²) in [6, 6.07) is 7.08. The number of fused-ring (bicyclic) bond motifs is 1. The molecule has 0 fully saturated rings. The Morgan fingerprint density at radius 3 is 2.67 bits per heavy atom. The van der Waals surface area contributed by atoms with E-state index in [-0.39, 0.29) is 30.6 Å². The van der Waals surface area contributed by atoms with Gasteiger partial charge in [0.05, 0.1) is 0 Å². The highest BCUT2D eigenvalue weighted by molar-refractivity contribution is 5.98. The van der Waals surface area contributed by atoms with Crippen molar-refractivity contribution < 1.29 is 14.3 Å². The number of anilines is 2. The Balaban J connectivity index is 2.00. The van der Waals surface area contributed by atoms with E-state index in [1.807, 2.05) is 26.8 Å². The lowest BCUT2D eigenvalue weighted by Crippen LogP contribution is -2.50. The number of nitrogens with one attached hydrogen (secondary N) is 1. The summed E-state index contributed by atoms with van der Waals surface area (Å²) in [4.78, 5) is 41.9. The van der Waals surface area contributed by atoms with Gasteiger partial charge >= 0.3 is 5.69 Å². The minimum Gasteiger partial charge on any atom is -0.485 e. The normalized spacial score (nSPS) is 15.3. The molecule has 0 saturated carbocycles. The molecule has 9 heteroatoms. The van der Waals surface area contributed by atoms with Crippen molar-refractivity contribution >= 4 is 17.4 Å². The first-order valence-electron chi connectivity index (χ1n) is 10.2. The molecule has 3 rings (SSSR count). The fraction of sp³-hybridized carbons (Fsp3) is 0.476. The van der Waals surface area contributed by atoms with Crippen LogP contribution < -0.4 is 31.4 Å². The topological polar surface area (TPSA) is 120 Å². The molecule has 1 amide bonds. The van der Waals surface area contributed by atoms with Crippen molar-refractivity contribution in [1.82, 2.24) is 9.55 Å². The molecule has 0 radical (unpaired) electrons. The lowest BCUT2D eigenvalue weighted by molar-refractivity contribution is -0.127. The number of carbonyl (C=O) groups is 1. The monoisotopic (exact) mass is 416 g/mol. The molecule has 1 atom stereocenters. The standard InChI is InChI=1S/C21H28N4O5/c1-4-5-10-24(17-18(22)25(11-13(2)3)21(28)23-19(17)26)20(27)16-12-29-14-8-6-7-9-15(14)30-16/h6-9,13,16H,4-5,10-12,22H2,1-3H3,(H,23,26,28). The van der Waals surface area contributed by atoms with Crippen LogP contribution in [0.1, 0.15) is 33.6 Å². The van der Waals surface area contributed by atoms with Crippen molar-refractivity contribution in [2.75, 3.05) is 23.8 Å². The maximum Gasteiger partial charge on any atom is 0.330 e. The van der Waals surface area contributed by atoms with Crippen LogP contribution in [0.15, 0.2) is 33.9 Å². The number of hydrogen-bond acceptors (Lipinski definition) is 6. The average molecular weight is 416 g/mol. The van der Waals surface area contributed by atoms with Gasteiger partial charge in [-0.2, -0.15) is 0 Å². The van der Waals surface area contributed by atoms with Crippen LogP contribution in [0, 0.1) is 5.92 Å². The molecule has 3 N–H and O–H groups in total. The SMILES string of the molecule is CCCCN(C(=O)C1COc2ccccc2O1)c1c(N)n(CC(C)C)c(=O)[nH]c1=O. The summed E-state index contributed by atoms with van der Waals surface area (Å²) in [5, 5.41) is 0. The third-order valence-corrected chi connectivity index (χ3v) is 4.82. The van der Waals surface area contributed by atoms with Gasteiger partial charge in [0.15, 0.2) is 17.2 Å². The van der Waals surface area contributed by atoms with E-state index in [1.54, 1.807) is 18.2 Å². The Morgan fingerprint density at radius 1 is 1.30 bits per heavy atom. The van der Waals surface area contributed by atoms with Crippen LogP contribution in [0.2, 0.25) is 0 Å². The van der Waals surface area contributed by atoms with E-state index in [0.717, 1.165) is 6.42 Å². The number of ether oxygens (including phenoxy) is 2. The van der Waals surface area contributed by atoms with Crippen LogP contribution in [-0.2, 0) is 11.3 Å². The van der Waals surface area contributed by atoms with E-state index in [9.17, 15) is 14.4 Å². The number of H-pyrrole nitrogens is 1. The number of carbonyl (C=O) groups excluding carboxylic acids is 1. The summed E-state index contributed by atoms with van der Waals surface area (Å²) >= 11 is 0. The smallest absolute Gasteiger partial charge is 0.330 e. The maximum absolute atomic E-state index is 13.4. The molecule has 1 aliphatic rings. The number of amides is 1. The fourth-order valence-corrected chi connectivity index (χ4v) is 3.35. The number of nitrogens with zero attached hydrogens (tertiary/aromatic N) is 2. The first kappa shape index (κ1) is 21.5. The number of nitrogens with two attached hydrogens (primary N) is 1. The second-order valence-electron chi connectivity index (χ2n) is 7.71. The van der Waals surface area contributed by atoms with Gasteiger partial charge in [-0.1, -0.05) is 39.3 Å². The molecule has 162 valence electrons. The molecule has 0 spiro atoms. The quantitative estimate of drug-likeness (QED) is 0.710. The molecule has 2 heterocycles. The van der Waals surface area contributed by atoms with E-state index >= 15 is 0 Å². The summed E-state index contributed by atoms with van der Waals surface area (Å²) in [5.41, 5.74) is 4.91. The largest absolute Gasteiger partial charge is 0.485 e. The van der Waals surface area contributed by atoms with Crippen LogP contribution in [-0.4, -0.2) is 34.7 Å². The highest BCUT2D eigenvalue weighted by Crippen LogP contribution is 2.32. The number of hydrogen-bond donors (Lipinski definition) is 2. The minimum absolute atomic E-state index is 0.0158. The third kappa shape index (κ3) is 4.34. The zero-order valence-electron chi connectivity index (χ0n) is 17.5. The van der Waals surface area contributed by atoms with Crippen LogP contribution in [0.5, 0.6) is 11.5 Å². The van der Waals surface area contributed by atoms with Crippen molar-refractivity contribution in [2.24, 2.45) is 5.92 Å². The summed E-state index contributed by atoms with van der Waals surface area (Å²) in [7, 11) is 0. The van der Waals surface area contributed by atoms with Gasteiger partial charge in [0.2, 0.25) is 6.10 Å². The molecule has 1 aromatic carbocycles. The van der Waals surface area contributed by atoms with Gasteiger partial charge in [0.25, 0.3) is 11.5 Å². The summed E-state index contributed by atoms with van der Waals surface area (Å²) in [6.45, 7) is 6.45. The van der Waals surface area contributed by atoms with E-state index in [0.29, 0.717) is 24.5 Å². The Morgan fingerprint density at radius 2 is 2.00 bits per heavy atom. The zero-order valence-corrected chi connectivity index (χ0v) is 17.5. The van der Waals surface area contributed by atoms with Gasteiger partial charge in [0, 0.05) is 13.1 Å². The van der Waals surface area contributed by atoms with Crippen LogP contribution >= 0.6 is 0 Å². The molecule has 0 saturated heterocycles. The molecule has 0 bridgehead atoms. The number of aromatic amines is 1. The molecule has 0 aliphatic carbocycles. The van der Waals surface area contributed by atoms with Crippen molar-refractivity contribution in [3.05, 3.63) is 45.1 Å². The van der Waals surface area contributed by atoms with Gasteiger partial charge < -0.3 is 20.1 Å². The first-order valence-corrected chi connectivity index (χ1v) is 10.2. The Labute approximate surface area is 174 Å². The predicted molar refractivity (Wildman–Crippen MR) is 114 cm³/mol. The highest BCUT2D eigenvalue weighted by Gasteiger charge is 2.34. The summed E-state index contributed by atoms with van der Waals surface area (Å²) in [6.07, 6.45) is 0.525. The lowest BCUT2D eigenvalue weighted by Gasteiger charge is -2.31. The number of rotatable bonds is 7. The second kappa shape index (κ2) is 9.06. The van der Waals surface area contributed by atoms with Gasteiger partial charge in [0.1, 0.15) is 12.4 Å². The van der Waals surface area contributed by atoms with Gasteiger partial charge in [-0.05, 0) is 24.5 Å². The molecule has 9 nitrogen and oxygen atoms in total. The van der Waals surface area contributed by atoms with Crippen molar-refractivity contribution in [3.8, 4) is 11.5 Å². The number of para-hydroxylation sites is 2. The van der Waals surface area contributed by atoms with Gasteiger partial charge in [-0.3, -0.25) is 19.1 Å². The van der Waals surface area contributed by atoms with E-state index in [2.05, 4.69) is 4.98 Å². The van der Waals surface area contributed by atoms with Gasteiger partial charge in [-0.25, -0.2) is 4.79 Å². The zero-order chi connectivity index (χ0) is 21.8. The van der Waals surface area contributed by atoms with Crippen molar-refractivity contribution in [1.29, 1.82) is 0 Å². The number of aromatic nitrogens is 2.